The summed E-state index contributed by atoms with van der Waals surface area (Å²) in [4.78, 5) is 13.8. The Kier molecular flexibility index (Phi) is 6.05. The molecule has 0 unspecified atom stereocenters. The van der Waals surface area contributed by atoms with Gasteiger partial charge < -0.3 is 14.4 Å². The Bertz CT molecular complexity index is 771. The molecule has 0 atom stereocenters. The van der Waals surface area contributed by atoms with Crippen LogP contribution in [0.4, 0.5) is 0 Å². The zero-order valence-corrected chi connectivity index (χ0v) is 14.2. The van der Waals surface area contributed by atoms with Crippen molar-refractivity contribution in [3.8, 4) is 17.6 Å². The molecule has 0 N–H and O–H groups in total. The van der Waals surface area contributed by atoms with Gasteiger partial charge in [0.2, 0.25) is 0 Å². The molecule has 0 saturated carbocycles. The second-order valence-corrected chi connectivity index (χ2v) is 5.51. The number of halogens is 1. The molecule has 0 saturated heterocycles. The molecule has 0 heterocycles. The third kappa shape index (κ3) is 4.40. The van der Waals surface area contributed by atoms with Crippen molar-refractivity contribution in [1.82, 2.24) is 4.90 Å². The number of rotatable bonds is 6. The van der Waals surface area contributed by atoms with E-state index >= 15 is 0 Å². The van der Waals surface area contributed by atoms with Crippen LogP contribution < -0.4 is 9.47 Å². The van der Waals surface area contributed by atoms with Gasteiger partial charge in [-0.3, -0.25) is 4.79 Å². The molecule has 0 radical (unpaired) electrons. The Morgan fingerprint density at radius 1 is 1.25 bits per heavy atom. The lowest BCUT2D eigenvalue weighted by Gasteiger charge is -2.19. The van der Waals surface area contributed by atoms with Gasteiger partial charge in [0.15, 0.2) is 18.1 Å². The number of carbonyl (C=O) groups excluding carboxylic acids is 1. The predicted octanol–water partition coefficient (Wildman–Crippen LogP) is 3.26. The molecule has 24 heavy (non-hydrogen) atoms. The third-order valence-corrected chi connectivity index (χ3v) is 3.80. The maximum Gasteiger partial charge on any atom is 0.260 e. The minimum absolute atomic E-state index is 0.136. The summed E-state index contributed by atoms with van der Waals surface area (Å²) in [7, 11) is 3.17. The van der Waals surface area contributed by atoms with Gasteiger partial charge in [0.25, 0.3) is 5.91 Å². The largest absolute Gasteiger partial charge is 0.493 e. The van der Waals surface area contributed by atoms with Crippen LogP contribution in [0, 0.1) is 11.3 Å². The highest BCUT2D eigenvalue weighted by Gasteiger charge is 2.13. The van der Waals surface area contributed by atoms with Gasteiger partial charge in [-0.15, -0.1) is 0 Å². The first-order chi connectivity index (χ1) is 11.5. The van der Waals surface area contributed by atoms with Crippen molar-refractivity contribution in [3.05, 3.63) is 58.6 Å². The molecule has 0 aliphatic carbocycles. The number of ether oxygens (including phenoxy) is 2. The Morgan fingerprint density at radius 2 is 2.00 bits per heavy atom. The lowest BCUT2D eigenvalue weighted by Crippen LogP contribution is -2.31. The van der Waals surface area contributed by atoms with E-state index in [0.29, 0.717) is 28.6 Å². The fourth-order valence-corrected chi connectivity index (χ4v) is 2.27. The van der Waals surface area contributed by atoms with E-state index in [1.165, 1.54) is 12.0 Å². The summed E-state index contributed by atoms with van der Waals surface area (Å²) in [6.07, 6.45) is 0. The van der Waals surface area contributed by atoms with Gasteiger partial charge >= 0.3 is 0 Å². The number of carbonyl (C=O) groups is 1. The van der Waals surface area contributed by atoms with Crippen LogP contribution in [0.1, 0.15) is 11.1 Å². The van der Waals surface area contributed by atoms with E-state index in [-0.39, 0.29) is 12.5 Å². The Morgan fingerprint density at radius 3 is 2.67 bits per heavy atom. The fraction of sp³-hybridized carbons (Fsp3) is 0.222. The quantitative estimate of drug-likeness (QED) is 0.807. The monoisotopic (exact) mass is 344 g/mol. The molecule has 0 aromatic heterocycles. The normalized spacial score (nSPS) is 9.92. The summed E-state index contributed by atoms with van der Waals surface area (Å²) in [6.45, 7) is 0.260. The molecule has 0 aliphatic rings. The number of nitrogens with zero attached hydrogens (tertiary/aromatic N) is 2. The van der Waals surface area contributed by atoms with Crippen molar-refractivity contribution < 1.29 is 14.3 Å². The van der Waals surface area contributed by atoms with Crippen LogP contribution in [-0.4, -0.2) is 31.6 Å². The standard InChI is InChI=1S/C18H17ClN2O3/c1-21(11-14-5-3-4-6-15(14)19)18(22)12-24-16-8-7-13(10-20)9-17(16)23-2/h3-9H,11-12H2,1-2H3. The number of benzene rings is 2. The molecule has 0 bridgehead atoms. The number of hydrogen-bond acceptors (Lipinski definition) is 4. The van der Waals surface area contributed by atoms with E-state index in [0.717, 1.165) is 5.56 Å². The van der Waals surface area contributed by atoms with Gasteiger partial charge in [0.05, 0.1) is 18.7 Å². The van der Waals surface area contributed by atoms with Crippen LogP contribution in [0.15, 0.2) is 42.5 Å². The fourth-order valence-electron chi connectivity index (χ4n) is 2.08. The number of nitriles is 1. The van der Waals surface area contributed by atoms with Gasteiger partial charge in [-0.05, 0) is 23.8 Å². The van der Waals surface area contributed by atoms with Crippen LogP contribution in [0.5, 0.6) is 11.5 Å². The van der Waals surface area contributed by atoms with Crippen LogP contribution >= 0.6 is 11.6 Å². The second kappa shape index (κ2) is 8.23. The van der Waals surface area contributed by atoms with E-state index in [2.05, 4.69) is 0 Å². The summed E-state index contributed by atoms with van der Waals surface area (Å²) in [5.74, 6) is 0.632. The van der Waals surface area contributed by atoms with Crippen molar-refractivity contribution in [2.75, 3.05) is 20.8 Å². The predicted molar refractivity (Wildman–Crippen MR) is 91.1 cm³/mol. The molecular weight excluding hydrogens is 328 g/mol. The maximum atomic E-state index is 12.2. The minimum atomic E-state index is -0.193. The number of amides is 1. The zero-order chi connectivity index (χ0) is 17.5. The molecule has 5 nitrogen and oxygen atoms in total. The molecule has 0 fully saturated rings. The van der Waals surface area contributed by atoms with Gasteiger partial charge in [-0.2, -0.15) is 5.26 Å². The Labute approximate surface area is 146 Å². The molecule has 2 rings (SSSR count). The van der Waals surface area contributed by atoms with Gasteiger partial charge in [-0.25, -0.2) is 0 Å². The summed E-state index contributed by atoms with van der Waals surface area (Å²) in [6, 6.07) is 14.2. The smallest absolute Gasteiger partial charge is 0.260 e. The van der Waals surface area contributed by atoms with Crippen molar-refractivity contribution in [1.29, 1.82) is 5.26 Å². The van der Waals surface area contributed by atoms with E-state index < -0.39 is 0 Å². The molecule has 2 aromatic rings. The summed E-state index contributed by atoms with van der Waals surface area (Å²) in [5.41, 5.74) is 1.33. The van der Waals surface area contributed by atoms with Crippen LogP contribution in [-0.2, 0) is 11.3 Å². The van der Waals surface area contributed by atoms with Crippen LogP contribution in [0.25, 0.3) is 0 Å². The zero-order valence-electron chi connectivity index (χ0n) is 13.5. The summed E-state index contributed by atoms with van der Waals surface area (Å²) < 4.78 is 10.7. The number of hydrogen-bond donors (Lipinski definition) is 0. The van der Waals surface area contributed by atoms with Gasteiger partial charge in [0, 0.05) is 24.7 Å². The number of likely N-dealkylation sites (N-methyl/N-ethyl adjacent to an activating group) is 1. The SMILES string of the molecule is COc1cc(C#N)ccc1OCC(=O)N(C)Cc1ccccc1Cl. The van der Waals surface area contributed by atoms with Crippen LogP contribution in [0.2, 0.25) is 5.02 Å². The van der Waals surface area contributed by atoms with E-state index in [1.807, 2.05) is 24.3 Å². The molecule has 2 aromatic carbocycles. The van der Waals surface area contributed by atoms with E-state index in [4.69, 9.17) is 26.3 Å². The molecule has 0 aliphatic heterocycles. The summed E-state index contributed by atoms with van der Waals surface area (Å²) in [5, 5.41) is 9.50. The van der Waals surface area contributed by atoms with Gasteiger partial charge in [0.1, 0.15) is 0 Å². The lowest BCUT2D eigenvalue weighted by atomic mass is 10.2. The first-order valence-corrected chi connectivity index (χ1v) is 7.61. The maximum absolute atomic E-state index is 12.2. The summed E-state index contributed by atoms with van der Waals surface area (Å²) >= 11 is 6.10. The van der Waals surface area contributed by atoms with Crippen molar-refractivity contribution in [2.24, 2.45) is 0 Å². The van der Waals surface area contributed by atoms with Crippen LogP contribution in [0.3, 0.4) is 0 Å². The molecule has 0 spiro atoms. The lowest BCUT2D eigenvalue weighted by molar-refractivity contribution is -0.132. The third-order valence-electron chi connectivity index (χ3n) is 3.43. The Balaban J connectivity index is 1.98. The first-order valence-electron chi connectivity index (χ1n) is 7.23. The molecule has 6 heteroatoms. The highest BCUT2D eigenvalue weighted by Crippen LogP contribution is 2.27. The minimum Gasteiger partial charge on any atom is -0.493 e. The van der Waals surface area contributed by atoms with Crippen molar-refractivity contribution in [2.45, 2.75) is 6.54 Å². The number of methoxy groups -OCH3 is 1. The van der Waals surface area contributed by atoms with Crippen molar-refractivity contribution >= 4 is 17.5 Å². The average Bonchev–Trinajstić information content (AvgIpc) is 2.61. The Hall–Kier alpha value is -2.71. The highest BCUT2D eigenvalue weighted by atomic mass is 35.5. The topological polar surface area (TPSA) is 62.6 Å². The first kappa shape index (κ1) is 17.6. The highest BCUT2D eigenvalue weighted by molar-refractivity contribution is 6.31. The molecule has 124 valence electrons. The van der Waals surface area contributed by atoms with E-state index in [1.54, 1.807) is 31.3 Å². The van der Waals surface area contributed by atoms with Crippen molar-refractivity contribution in [3.63, 3.8) is 0 Å². The average molecular weight is 345 g/mol. The molecular formula is C18H17ClN2O3. The molecule has 1 amide bonds. The van der Waals surface area contributed by atoms with E-state index in [9.17, 15) is 4.79 Å². The van der Waals surface area contributed by atoms with Gasteiger partial charge in [-0.1, -0.05) is 29.8 Å². The second-order valence-electron chi connectivity index (χ2n) is 5.11.